The number of carbonyl (C=O) groups excluding carboxylic acids is 1. The van der Waals surface area contributed by atoms with Crippen LogP contribution in [0.5, 0.6) is 0 Å². The monoisotopic (exact) mass is 371 g/mol. The summed E-state index contributed by atoms with van der Waals surface area (Å²) in [6, 6.07) is 16.4. The molecule has 0 saturated carbocycles. The van der Waals surface area contributed by atoms with Gasteiger partial charge in [-0.25, -0.2) is 0 Å². The number of amides is 1. The van der Waals surface area contributed by atoms with Crippen molar-refractivity contribution in [2.75, 3.05) is 30.3 Å². The van der Waals surface area contributed by atoms with Crippen LogP contribution in [0.3, 0.4) is 0 Å². The van der Waals surface area contributed by atoms with E-state index in [-0.39, 0.29) is 18.3 Å². The van der Waals surface area contributed by atoms with Crippen LogP contribution >= 0.6 is 12.4 Å². The van der Waals surface area contributed by atoms with Gasteiger partial charge in [0, 0.05) is 30.4 Å². The van der Waals surface area contributed by atoms with Crippen molar-refractivity contribution in [1.82, 2.24) is 4.90 Å². The minimum atomic E-state index is 0. The standard InChI is InChI=1S/C21H25N3O.ClH/c22-19-6-3-4-16(14-19)15-23-11-8-18(9-12-23)21(25)24-13-10-17-5-1-2-7-20(17)24;/h1-7,14,18H,8-13,15,22H2;1H. The molecule has 1 fully saturated rings. The molecule has 0 spiro atoms. The van der Waals surface area contributed by atoms with Gasteiger partial charge in [0.2, 0.25) is 5.91 Å². The van der Waals surface area contributed by atoms with Crippen LogP contribution < -0.4 is 10.6 Å². The molecule has 0 unspecified atom stereocenters. The topological polar surface area (TPSA) is 49.6 Å². The third kappa shape index (κ3) is 3.87. The van der Waals surface area contributed by atoms with Gasteiger partial charge in [0.25, 0.3) is 0 Å². The molecule has 4 rings (SSSR count). The summed E-state index contributed by atoms with van der Waals surface area (Å²) in [6.45, 7) is 3.70. The molecule has 2 aliphatic heterocycles. The van der Waals surface area contributed by atoms with Crippen LogP contribution in [0.4, 0.5) is 11.4 Å². The van der Waals surface area contributed by atoms with Crippen molar-refractivity contribution < 1.29 is 4.79 Å². The number of rotatable bonds is 3. The molecular weight excluding hydrogens is 346 g/mol. The molecule has 138 valence electrons. The quantitative estimate of drug-likeness (QED) is 0.840. The van der Waals surface area contributed by atoms with Crippen LogP contribution in [0.15, 0.2) is 48.5 Å². The van der Waals surface area contributed by atoms with E-state index in [1.54, 1.807) is 0 Å². The van der Waals surface area contributed by atoms with Crippen LogP contribution in [0.2, 0.25) is 0 Å². The zero-order chi connectivity index (χ0) is 17.2. The van der Waals surface area contributed by atoms with Crippen LogP contribution in [-0.4, -0.2) is 30.4 Å². The van der Waals surface area contributed by atoms with Crippen molar-refractivity contribution in [1.29, 1.82) is 0 Å². The lowest BCUT2D eigenvalue weighted by Gasteiger charge is -2.33. The van der Waals surface area contributed by atoms with E-state index in [0.717, 1.165) is 56.8 Å². The number of benzene rings is 2. The molecule has 0 aromatic heterocycles. The molecule has 1 saturated heterocycles. The van der Waals surface area contributed by atoms with Gasteiger partial charge in [0.15, 0.2) is 0 Å². The Morgan fingerprint density at radius 2 is 1.81 bits per heavy atom. The maximum atomic E-state index is 13.0. The predicted octanol–water partition coefficient (Wildman–Crippen LogP) is 3.49. The van der Waals surface area contributed by atoms with Gasteiger partial charge in [0.05, 0.1) is 0 Å². The molecule has 1 amide bonds. The number of hydrogen-bond acceptors (Lipinski definition) is 3. The number of anilines is 2. The molecule has 5 heteroatoms. The second-order valence-electron chi connectivity index (χ2n) is 7.16. The minimum absolute atomic E-state index is 0. The molecule has 0 aliphatic carbocycles. The zero-order valence-corrected chi connectivity index (χ0v) is 15.8. The number of nitrogens with zero attached hydrogens (tertiary/aromatic N) is 2. The molecule has 2 aromatic carbocycles. The SMILES string of the molecule is Cl.Nc1cccc(CN2CCC(C(=O)N3CCc4ccccc43)CC2)c1. The first-order chi connectivity index (χ1) is 12.2. The molecule has 2 heterocycles. The number of piperidine rings is 1. The minimum Gasteiger partial charge on any atom is -0.399 e. The van der Waals surface area contributed by atoms with Gasteiger partial charge in [-0.05, 0) is 61.7 Å². The highest BCUT2D eigenvalue weighted by molar-refractivity contribution is 5.97. The van der Waals surface area contributed by atoms with Crippen molar-refractivity contribution >= 4 is 29.7 Å². The van der Waals surface area contributed by atoms with Crippen molar-refractivity contribution in [3.8, 4) is 0 Å². The molecule has 2 N–H and O–H groups in total. The van der Waals surface area contributed by atoms with Crippen LogP contribution in [0, 0.1) is 5.92 Å². The first kappa shape index (κ1) is 18.7. The lowest BCUT2D eigenvalue weighted by Crippen LogP contribution is -2.41. The fraction of sp³-hybridized carbons (Fsp3) is 0.381. The third-order valence-corrected chi connectivity index (χ3v) is 5.45. The smallest absolute Gasteiger partial charge is 0.230 e. The summed E-state index contributed by atoms with van der Waals surface area (Å²) in [6.07, 6.45) is 2.87. The number of fused-ring (bicyclic) bond motifs is 1. The van der Waals surface area contributed by atoms with Gasteiger partial charge in [-0.2, -0.15) is 0 Å². The van der Waals surface area contributed by atoms with E-state index >= 15 is 0 Å². The van der Waals surface area contributed by atoms with Crippen LogP contribution in [-0.2, 0) is 17.8 Å². The summed E-state index contributed by atoms with van der Waals surface area (Å²) in [5.41, 5.74) is 10.4. The van der Waals surface area contributed by atoms with Gasteiger partial charge in [-0.1, -0.05) is 30.3 Å². The summed E-state index contributed by atoms with van der Waals surface area (Å²) in [4.78, 5) is 17.4. The van der Waals surface area contributed by atoms with E-state index in [9.17, 15) is 4.79 Å². The highest BCUT2D eigenvalue weighted by Gasteiger charge is 2.32. The predicted molar refractivity (Wildman–Crippen MR) is 109 cm³/mol. The number of nitrogen functional groups attached to an aromatic ring is 1. The summed E-state index contributed by atoms with van der Waals surface area (Å²) >= 11 is 0. The number of halogens is 1. The van der Waals surface area contributed by atoms with Gasteiger partial charge in [0.1, 0.15) is 0 Å². The first-order valence-corrected chi connectivity index (χ1v) is 9.17. The largest absolute Gasteiger partial charge is 0.399 e. The molecular formula is C21H26ClN3O. The fourth-order valence-electron chi connectivity index (χ4n) is 4.08. The second-order valence-corrected chi connectivity index (χ2v) is 7.16. The number of para-hydroxylation sites is 1. The van der Waals surface area contributed by atoms with E-state index in [0.29, 0.717) is 5.91 Å². The Labute approximate surface area is 161 Å². The zero-order valence-electron chi connectivity index (χ0n) is 14.9. The second kappa shape index (κ2) is 8.11. The van der Waals surface area contributed by atoms with Gasteiger partial charge >= 0.3 is 0 Å². The van der Waals surface area contributed by atoms with E-state index in [1.165, 1.54) is 11.1 Å². The molecule has 4 nitrogen and oxygen atoms in total. The number of nitrogens with two attached hydrogens (primary N) is 1. The molecule has 0 bridgehead atoms. The summed E-state index contributed by atoms with van der Waals surface area (Å²) in [5, 5.41) is 0. The van der Waals surface area contributed by atoms with Crippen LogP contribution in [0.25, 0.3) is 0 Å². The number of likely N-dealkylation sites (tertiary alicyclic amines) is 1. The Balaban J connectivity index is 0.00000196. The average molecular weight is 372 g/mol. The number of carbonyl (C=O) groups is 1. The number of hydrogen-bond donors (Lipinski definition) is 1. The van der Waals surface area contributed by atoms with E-state index in [4.69, 9.17) is 5.73 Å². The average Bonchev–Trinajstić information content (AvgIpc) is 3.06. The molecule has 0 radical (unpaired) electrons. The van der Waals surface area contributed by atoms with E-state index < -0.39 is 0 Å². The maximum Gasteiger partial charge on any atom is 0.230 e. The van der Waals surface area contributed by atoms with Crippen molar-refractivity contribution in [3.63, 3.8) is 0 Å². The normalized spacial score (nSPS) is 17.6. The highest BCUT2D eigenvalue weighted by Crippen LogP contribution is 2.31. The van der Waals surface area contributed by atoms with Gasteiger partial charge < -0.3 is 10.6 Å². The van der Waals surface area contributed by atoms with Gasteiger partial charge in [-0.3, -0.25) is 9.69 Å². The Kier molecular flexibility index (Phi) is 5.84. The Bertz CT molecular complexity index is 771. The third-order valence-electron chi connectivity index (χ3n) is 5.45. The molecule has 2 aliphatic rings. The Morgan fingerprint density at radius 3 is 2.58 bits per heavy atom. The van der Waals surface area contributed by atoms with Crippen molar-refractivity contribution in [2.45, 2.75) is 25.8 Å². The Hall–Kier alpha value is -2.04. The van der Waals surface area contributed by atoms with E-state index in [1.807, 2.05) is 29.2 Å². The van der Waals surface area contributed by atoms with E-state index in [2.05, 4.69) is 29.2 Å². The fourth-order valence-corrected chi connectivity index (χ4v) is 4.08. The van der Waals surface area contributed by atoms with Gasteiger partial charge in [-0.15, -0.1) is 12.4 Å². The summed E-state index contributed by atoms with van der Waals surface area (Å²) < 4.78 is 0. The summed E-state index contributed by atoms with van der Waals surface area (Å²) in [7, 11) is 0. The Morgan fingerprint density at radius 1 is 1.04 bits per heavy atom. The summed E-state index contributed by atoms with van der Waals surface area (Å²) in [5.74, 6) is 0.469. The highest BCUT2D eigenvalue weighted by atomic mass is 35.5. The lowest BCUT2D eigenvalue weighted by molar-refractivity contribution is -0.123. The molecule has 0 atom stereocenters. The first-order valence-electron chi connectivity index (χ1n) is 9.17. The molecule has 2 aromatic rings. The maximum absolute atomic E-state index is 13.0. The lowest BCUT2D eigenvalue weighted by atomic mass is 9.95. The van der Waals surface area contributed by atoms with Crippen molar-refractivity contribution in [3.05, 3.63) is 59.7 Å². The van der Waals surface area contributed by atoms with Crippen molar-refractivity contribution in [2.24, 2.45) is 5.92 Å². The van der Waals surface area contributed by atoms with Crippen LogP contribution in [0.1, 0.15) is 24.0 Å². The molecule has 26 heavy (non-hydrogen) atoms.